The van der Waals surface area contributed by atoms with E-state index in [0.717, 1.165) is 5.56 Å². The lowest BCUT2D eigenvalue weighted by Crippen LogP contribution is -2.38. The van der Waals surface area contributed by atoms with E-state index in [1.165, 1.54) is 0 Å². The SMILES string of the molecule is CC(C)(C)c1ccc(C(=O)OCC(=O)N[C@@H]2CCS(=O)(=O)C2)cc1. The number of ether oxygens (including phenoxy) is 1. The van der Waals surface area contributed by atoms with Gasteiger partial charge in [0.15, 0.2) is 16.4 Å². The molecular formula is C17H23NO5S. The maximum absolute atomic E-state index is 12.0. The summed E-state index contributed by atoms with van der Waals surface area (Å²) in [4.78, 5) is 23.7. The predicted molar refractivity (Wildman–Crippen MR) is 90.6 cm³/mol. The Bertz CT molecular complexity index is 716. The van der Waals surface area contributed by atoms with E-state index in [1.807, 2.05) is 12.1 Å². The van der Waals surface area contributed by atoms with Crippen molar-refractivity contribution in [3.05, 3.63) is 35.4 Å². The van der Waals surface area contributed by atoms with E-state index < -0.39 is 34.4 Å². The molecule has 1 saturated heterocycles. The van der Waals surface area contributed by atoms with Crippen LogP contribution in [0.3, 0.4) is 0 Å². The first-order chi connectivity index (χ1) is 11.1. The number of benzene rings is 1. The number of hydrogen-bond acceptors (Lipinski definition) is 5. The van der Waals surface area contributed by atoms with Gasteiger partial charge in [-0.05, 0) is 29.5 Å². The first-order valence-corrected chi connectivity index (χ1v) is 9.66. The maximum atomic E-state index is 12.0. The Morgan fingerprint density at radius 2 is 1.83 bits per heavy atom. The van der Waals surface area contributed by atoms with Gasteiger partial charge in [-0.2, -0.15) is 0 Å². The molecule has 1 amide bonds. The van der Waals surface area contributed by atoms with Crippen LogP contribution in [0.5, 0.6) is 0 Å². The Morgan fingerprint density at radius 1 is 1.21 bits per heavy atom. The van der Waals surface area contributed by atoms with Crippen LogP contribution in [0.25, 0.3) is 0 Å². The molecule has 1 aromatic carbocycles. The summed E-state index contributed by atoms with van der Waals surface area (Å²) in [5.74, 6) is -1.04. The Morgan fingerprint density at radius 3 is 2.33 bits per heavy atom. The fourth-order valence-electron chi connectivity index (χ4n) is 2.50. The predicted octanol–water partition coefficient (Wildman–Crippen LogP) is 1.44. The molecule has 1 aromatic rings. The average molecular weight is 353 g/mol. The van der Waals surface area contributed by atoms with Crippen LogP contribution in [0, 0.1) is 0 Å². The fourth-order valence-corrected chi connectivity index (χ4v) is 4.17. The van der Waals surface area contributed by atoms with Crippen LogP contribution >= 0.6 is 0 Å². The zero-order valence-corrected chi connectivity index (χ0v) is 15.0. The Kier molecular flexibility index (Phi) is 5.32. The van der Waals surface area contributed by atoms with Crippen molar-refractivity contribution in [3.8, 4) is 0 Å². The van der Waals surface area contributed by atoms with Crippen LogP contribution < -0.4 is 5.32 Å². The highest BCUT2D eigenvalue weighted by Crippen LogP contribution is 2.22. The van der Waals surface area contributed by atoms with E-state index in [2.05, 4.69) is 26.1 Å². The van der Waals surface area contributed by atoms with Gasteiger partial charge in [0.2, 0.25) is 0 Å². The van der Waals surface area contributed by atoms with E-state index in [9.17, 15) is 18.0 Å². The zero-order chi connectivity index (χ0) is 18.0. The molecule has 1 aliphatic rings. The van der Waals surface area contributed by atoms with Crippen LogP contribution in [0.4, 0.5) is 0 Å². The monoisotopic (exact) mass is 353 g/mol. The van der Waals surface area contributed by atoms with Crippen LogP contribution in [-0.4, -0.2) is 44.4 Å². The van der Waals surface area contributed by atoms with Crippen LogP contribution in [0.2, 0.25) is 0 Å². The van der Waals surface area contributed by atoms with Crippen molar-refractivity contribution in [2.24, 2.45) is 0 Å². The van der Waals surface area contributed by atoms with Gasteiger partial charge < -0.3 is 10.1 Å². The van der Waals surface area contributed by atoms with E-state index in [0.29, 0.717) is 12.0 Å². The summed E-state index contributed by atoms with van der Waals surface area (Å²) in [6.45, 7) is 5.81. The second-order valence-electron chi connectivity index (χ2n) is 7.07. The minimum Gasteiger partial charge on any atom is -0.452 e. The molecule has 7 heteroatoms. The average Bonchev–Trinajstić information content (AvgIpc) is 2.83. The highest BCUT2D eigenvalue weighted by atomic mass is 32.2. The summed E-state index contributed by atoms with van der Waals surface area (Å²) in [5.41, 5.74) is 1.46. The van der Waals surface area contributed by atoms with Crippen molar-refractivity contribution in [1.29, 1.82) is 0 Å². The van der Waals surface area contributed by atoms with E-state index in [1.54, 1.807) is 12.1 Å². The number of carbonyl (C=O) groups excluding carboxylic acids is 2. The normalized spacial score (nSPS) is 19.7. The summed E-state index contributed by atoms with van der Waals surface area (Å²) in [6, 6.07) is 6.67. The quantitative estimate of drug-likeness (QED) is 0.828. The molecule has 0 aliphatic carbocycles. The lowest BCUT2D eigenvalue weighted by molar-refractivity contribution is -0.124. The van der Waals surface area contributed by atoms with Crippen molar-refractivity contribution < 1.29 is 22.7 Å². The maximum Gasteiger partial charge on any atom is 0.338 e. The van der Waals surface area contributed by atoms with E-state index in [4.69, 9.17) is 4.74 Å². The van der Waals surface area contributed by atoms with Gasteiger partial charge in [-0.25, -0.2) is 13.2 Å². The molecule has 1 atom stereocenters. The fraction of sp³-hybridized carbons (Fsp3) is 0.529. The van der Waals surface area contributed by atoms with Gasteiger partial charge in [0.25, 0.3) is 5.91 Å². The van der Waals surface area contributed by atoms with Crippen molar-refractivity contribution in [1.82, 2.24) is 5.32 Å². The topological polar surface area (TPSA) is 89.5 Å². The highest BCUT2D eigenvalue weighted by Gasteiger charge is 2.29. The standard InChI is InChI=1S/C17H23NO5S/c1-17(2,3)13-6-4-12(5-7-13)16(20)23-10-15(19)18-14-8-9-24(21,22)11-14/h4-7,14H,8-11H2,1-3H3,(H,18,19)/t14-/m1/s1. The minimum atomic E-state index is -3.05. The van der Waals surface area contributed by atoms with Gasteiger partial charge in [-0.1, -0.05) is 32.9 Å². The van der Waals surface area contributed by atoms with Crippen molar-refractivity contribution in [3.63, 3.8) is 0 Å². The molecule has 132 valence electrons. The Hall–Kier alpha value is -1.89. The molecule has 0 unspecified atom stereocenters. The summed E-state index contributed by atoms with van der Waals surface area (Å²) < 4.78 is 27.6. The second kappa shape index (κ2) is 6.93. The van der Waals surface area contributed by atoms with E-state index in [-0.39, 0.29) is 16.9 Å². The molecule has 0 saturated carbocycles. The molecule has 24 heavy (non-hydrogen) atoms. The molecule has 2 rings (SSSR count). The lowest BCUT2D eigenvalue weighted by atomic mass is 9.87. The Labute approximate surface area is 142 Å². The molecule has 0 spiro atoms. The second-order valence-corrected chi connectivity index (χ2v) is 9.30. The van der Waals surface area contributed by atoms with Crippen LogP contribution in [-0.2, 0) is 24.8 Å². The molecule has 1 fully saturated rings. The molecule has 6 nitrogen and oxygen atoms in total. The summed E-state index contributed by atoms with van der Waals surface area (Å²) in [7, 11) is -3.05. The third-order valence-corrected chi connectivity index (χ3v) is 5.69. The smallest absolute Gasteiger partial charge is 0.338 e. The number of hydrogen-bond donors (Lipinski definition) is 1. The summed E-state index contributed by atoms with van der Waals surface area (Å²) in [5, 5.41) is 2.57. The number of nitrogens with one attached hydrogen (secondary N) is 1. The molecule has 1 aliphatic heterocycles. The number of esters is 1. The van der Waals surface area contributed by atoms with Crippen LogP contribution in [0.1, 0.15) is 43.1 Å². The van der Waals surface area contributed by atoms with Crippen molar-refractivity contribution >= 4 is 21.7 Å². The van der Waals surface area contributed by atoms with Gasteiger partial charge in [-0.3, -0.25) is 4.79 Å². The van der Waals surface area contributed by atoms with Gasteiger partial charge >= 0.3 is 5.97 Å². The molecule has 0 bridgehead atoms. The largest absolute Gasteiger partial charge is 0.452 e. The van der Waals surface area contributed by atoms with Gasteiger partial charge in [0.1, 0.15) is 0 Å². The molecule has 1 N–H and O–H groups in total. The van der Waals surface area contributed by atoms with E-state index >= 15 is 0 Å². The molecular weight excluding hydrogens is 330 g/mol. The van der Waals surface area contributed by atoms with Crippen LogP contribution in [0.15, 0.2) is 24.3 Å². The summed E-state index contributed by atoms with van der Waals surface area (Å²) >= 11 is 0. The minimum absolute atomic E-state index is 0.00998. The lowest BCUT2D eigenvalue weighted by Gasteiger charge is -2.18. The summed E-state index contributed by atoms with van der Waals surface area (Å²) in [6.07, 6.45) is 0.399. The number of rotatable bonds is 4. The number of carbonyl (C=O) groups is 2. The first kappa shape index (κ1) is 18.4. The molecule has 0 radical (unpaired) electrons. The highest BCUT2D eigenvalue weighted by molar-refractivity contribution is 7.91. The van der Waals surface area contributed by atoms with Crippen molar-refractivity contribution in [2.45, 2.75) is 38.6 Å². The third-order valence-electron chi connectivity index (χ3n) is 3.92. The number of sulfone groups is 1. The van der Waals surface area contributed by atoms with Gasteiger partial charge in [-0.15, -0.1) is 0 Å². The van der Waals surface area contributed by atoms with Crippen molar-refractivity contribution in [2.75, 3.05) is 18.1 Å². The Balaban J connectivity index is 1.83. The molecule has 1 heterocycles. The number of amides is 1. The van der Waals surface area contributed by atoms with Gasteiger partial charge in [0.05, 0.1) is 17.1 Å². The third kappa shape index (κ3) is 5.06. The zero-order valence-electron chi connectivity index (χ0n) is 14.2. The first-order valence-electron chi connectivity index (χ1n) is 7.84. The molecule has 0 aromatic heterocycles. The van der Waals surface area contributed by atoms with Gasteiger partial charge in [0, 0.05) is 6.04 Å².